The number of carbonyl (C=O) groups is 1. The van der Waals surface area contributed by atoms with E-state index in [0.29, 0.717) is 5.56 Å². The number of amides is 1. The Morgan fingerprint density at radius 2 is 1.89 bits per heavy atom. The Hall–Kier alpha value is -2.69. The van der Waals surface area contributed by atoms with Gasteiger partial charge in [0.2, 0.25) is 0 Å². The number of benzene rings is 1. The van der Waals surface area contributed by atoms with E-state index >= 15 is 0 Å². The van der Waals surface area contributed by atoms with E-state index in [2.05, 4.69) is 28.8 Å². The second-order valence-corrected chi connectivity index (χ2v) is 8.04. The van der Waals surface area contributed by atoms with Gasteiger partial charge >= 0.3 is 0 Å². The fourth-order valence-corrected chi connectivity index (χ4v) is 4.76. The Morgan fingerprint density at radius 3 is 2.75 bits per heavy atom. The summed E-state index contributed by atoms with van der Waals surface area (Å²) >= 11 is 0. The SMILES string of the molecule is Cc1cc(C(=O)N2CCCC2c2ccccc2)c2nc3n(c2n1)CCCCC3. The Morgan fingerprint density at radius 1 is 1.04 bits per heavy atom. The summed E-state index contributed by atoms with van der Waals surface area (Å²) in [6.07, 6.45) is 6.57. The van der Waals surface area contributed by atoms with E-state index in [-0.39, 0.29) is 11.9 Å². The quantitative estimate of drug-likeness (QED) is 0.666. The number of hydrogen-bond donors (Lipinski definition) is 0. The van der Waals surface area contributed by atoms with Gasteiger partial charge in [0.25, 0.3) is 5.91 Å². The van der Waals surface area contributed by atoms with Gasteiger partial charge in [0, 0.05) is 25.2 Å². The lowest BCUT2D eigenvalue weighted by atomic mass is 10.0. The summed E-state index contributed by atoms with van der Waals surface area (Å²) in [5.74, 6) is 1.18. The number of rotatable bonds is 2. The molecule has 1 unspecified atom stereocenters. The summed E-state index contributed by atoms with van der Waals surface area (Å²) < 4.78 is 2.24. The van der Waals surface area contributed by atoms with Gasteiger partial charge in [-0.3, -0.25) is 4.79 Å². The van der Waals surface area contributed by atoms with E-state index in [4.69, 9.17) is 9.97 Å². The molecule has 0 radical (unpaired) electrons. The van der Waals surface area contributed by atoms with Crippen LogP contribution in [0.2, 0.25) is 0 Å². The number of hydrogen-bond acceptors (Lipinski definition) is 3. The Balaban J connectivity index is 1.58. The van der Waals surface area contributed by atoms with Crippen LogP contribution in [0.15, 0.2) is 36.4 Å². The number of aromatic nitrogens is 3. The molecular weight excluding hydrogens is 348 g/mol. The monoisotopic (exact) mass is 374 g/mol. The van der Waals surface area contributed by atoms with E-state index in [9.17, 15) is 4.79 Å². The smallest absolute Gasteiger partial charge is 0.256 e. The van der Waals surface area contributed by atoms with Crippen LogP contribution in [0.5, 0.6) is 0 Å². The second-order valence-electron chi connectivity index (χ2n) is 8.04. The molecule has 28 heavy (non-hydrogen) atoms. The molecule has 2 aromatic heterocycles. The fourth-order valence-electron chi connectivity index (χ4n) is 4.76. The molecule has 5 heteroatoms. The van der Waals surface area contributed by atoms with Crippen LogP contribution < -0.4 is 0 Å². The zero-order valence-corrected chi connectivity index (χ0v) is 16.4. The number of likely N-dealkylation sites (tertiary alicyclic amines) is 1. The normalized spacial score (nSPS) is 19.6. The lowest BCUT2D eigenvalue weighted by Gasteiger charge is -2.25. The summed E-state index contributed by atoms with van der Waals surface area (Å²) in [6.45, 7) is 3.73. The molecule has 2 aliphatic heterocycles. The number of fused-ring (bicyclic) bond motifs is 3. The van der Waals surface area contributed by atoms with Crippen molar-refractivity contribution in [1.29, 1.82) is 0 Å². The lowest BCUT2D eigenvalue weighted by Crippen LogP contribution is -2.31. The van der Waals surface area contributed by atoms with Crippen LogP contribution in [-0.2, 0) is 13.0 Å². The Bertz CT molecular complexity index is 1020. The van der Waals surface area contributed by atoms with Gasteiger partial charge in [-0.2, -0.15) is 0 Å². The van der Waals surface area contributed by atoms with Crippen LogP contribution in [0.1, 0.15) is 65.6 Å². The lowest BCUT2D eigenvalue weighted by molar-refractivity contribution is 0.0737. The molecule has 144 valence electrons. The van der Waals surface area contributed by atoms with Gasteiger partial charge in [-0.25, -0.2) is 9.97 Å². The van der Waals surface area contributed by atoms with Crippen LogP contribution in [0.25, 0.3) is 11.2 Å². The number of pyridine rings is 1. The molecule has 1 fully saturated rings. The van der Waals surface area contributed by atoms with Crippen LogP contribution in [0, 0.1) is 6.92 Å². The number of carbonyl (C=O) groups excluding carboxylic acids is 1. The zero-order chi connectivity index (χ0) is 19.1. The van der Waals surface area contributed by atoms with Crippen molar-refractivity contribution in [2.45, 2.75) is 58.0 Å². The molecule has 2 aliphatic rings. The van der Waals surface area contributed by atoms with Crippen LogP contribution in [0.3, 0.4) is 0 Å². The Kier molecular flexibility index (Phi) is 4.38. The molecule has 1 atom stereocenters. The minimum atomic E-state index is 0.0927. The van der Waals surface area contributed by atoms with Crippen molar-refractivity contribution in [3.05, 3.63) is 59.0 Å². The minimum absolute atomic E-state index is 0.0927. The molecule has 1 aromatic carbocycles. The van der Waals surface area contributed by atoms with Crippen molar-refractivity contribution in [2.24, 2.45) is 0 Å². The third-order valence-electron chi connectivity index (χ3n) is 6.12. The van der Waals surface area contributed by atoms with Gasteiger partial charge in [0.05, 0.1) is 11.6 Å². The van der Waals surface area contributed by atoms with Crippen molar-refractivity contribution >= 4 is 17.1 Å². The highest BCUT2D eigenvalue weighted by Gasteiger charge is 2.32. The van der Waals surface area contributed by atoms with Crippen LogP contribution >= 0.6 is 0 Å². The van der Waals surface area contributed by atoms with Crippen LogP contribution in [-0.4, -0.2) is 31.9 Å². The topological polar surface area (TPSA) is 51.0 Å². The average Bonchev–Trinajstić information content (AvgIpc) is 3.26. The molecule has 4 heterocycles. The summed E-state index contributed by atoms with van der Waals surface area (Å²) in [6, 6.07) is 12.5. The van der Waals surface area contributed by atoms with Crippen molar-refractivity contribution in [1.82, 2.24) is 19.4 Å². The largest absolute Gasteiger partial charge is 0.332 e. The van der Waals surface area contributed by atoms with E-state index in [1.165, 1.54) is 12.0 Å². The Labute approximate surface area is 165 Å². The third-order valence-corrected chi connectivity index (χ3v) is 6.12. The van der Waals surface area contributed by atoms with Crippen molar-refractivity contribution in [3.63, 3.8) is 0 Å². The molecular formula is C23H26N4O. The van der Waals surface area contributed by atoms with E-state index in [1.54, 1.807) is 0 Å². The fraction of sp³-hybridized carbons (Fsp3) is 0.435. The second kappa shape index (κ2) is 7.04. The van der Waals surface area contributed by atoms with Gasteiger partial charge in [0.1, 0.15) is 11.3 Å². The molecule has 3 aromatic rings. The molecule has 0 spiro atoms. The summed E-state index contributed by atoms with van der Waals surface area (Å²) in [7, 11) is 0. The average molecular weight is 374 g/mol. The third kappa shape index (κ3) is 2.89. The van der Waals surface area contributed by atoms with Gasteiger partial charge < -0.3 is 9.47 Å². The molecule has 1 amide bonds. The first-order valence-electron chi connectivity index (χ1n) is 10.4. The van der Waals surface area contributed by atoms with Gasteiger partial charge in [-0.05, 0) is 44.2 Å². The maximum absolute atomic E-state index is 13.6. The highest BCUT2D eigenvalue weighted by atomic mass is 16.2. The van der Waals surface area contributed by atoms with Gasteiger partial charge in [-0.15, -0.1) is 0 Å². The first kappa shape index (κ1) is 17.4. The van der Waals surface area contributed by atoms with Crippen molar-refractivity contribution < 1.29 is 4.79 Å². The molecule has 0 aliphatic carbocycles. The molecule has 5 rings (SSSR count). The predicted molar refractivity (Wildman–Crippen MR) is 109 cm³/mol. The maximum atomic E-state index is 13.6. The number of imidazole rings is 1. The number of nitrogens with zero attached hydrogens (tertiary/aromatic N) is 4. The highest BCUT2D eigenvalue weighted by Crippen LogP contribution is 2.34. The van der Waals surface area contributed by atoms with E-state index < -0.39 is 0 Å². The molecule has 5 nitrogen and oxygen atoms in total. The molecule has 1 saturated heterocycles. The molecule has 0 bridgehead atoms. The van der Waals surface area contributed by atoms with E-state index in [0.717, 1.165) is 67.9 Å². The van der Waals surface area contributed by atoms with Crippen LogP contribution in [0.4, 0.5) is 0 Å². The zero-order valence-electron chi connectivity index (χ0n) is 16.4. The maximum Gasteiger partial charge on any atom is 0.256 e. The summed E-state index contributed by atoms with van der Waals surface area (Å²) in [5.41, 5.74) is 4.49. The van der Waals surface area contributed by atoms with Gasteiger partial charge in [-0.1, -0.05) is 36.8 Å². The van der Waals surface area contributed by atoms with E-state index in [1.807, 2.05) is 24.0 Å². The molecule has 0 N–H and O–H groups in total. The van der Waals surface area contributed by atoms with Crippen molar-refractivity contribution in [2.75, 3.05) is 6.54 Å². The number of aryl methyl sites for hydroxylation is 3. The minimum Gasteiger partial charge on any atom is -0.332 e. The molecule has 0 saturated carbocycles. The van der Waals surface area contributed by atoms with Crippen molar-refractivity contribution in [3.8, 4) is 0 Å². The summed E-state index contributed by atoms with van der Waals surface area (Å²) in [5, 5.41) is 0. The first-order chi connectivity index (χ1) is 13.7. The highest BCUT2D eigenvalue weighted by molar-refractivity contribution is 6.04. The first-order valence-corrected chi connectivity index (χ1v) is 10.4. The summed E-state index contributed by atoms with van der Waals surface area (Å²) in [4.78, 5) is 25.3. The standard InChI is InChI=1S/C23H26N4O/c1-16-15-18(21-22(24-16)27-13-7-3-6-12-20(27)25-21)23(28)26-14-8-11-19(26)17-9-4-2-5-10-17/h2,4-5,9-10,15,19H,3,6-8,11-14H2,1H3. The predicted octanol–water partition coefficient (Wildman–Crippen LogP) is 4.44. The van der Waals surface area contributed by atoms with Gasteiger partial charge in [0.15, 0.2) is 5.65 Å².